The Hall–Kier alpha value is -0.0400. The van der Waals surface area contributed by atoms with Gasteiger partial charge in [0.2, 0.25) is 0 Å². The van der Waals surface area contributed by atoms with Gasteiger partial charge < -0.3 is 4.90 Å². The van der Waals surface area contributed by atoms with E-state index in [0.29, 0.717) is 5.92 Å². The first-order chi connectivity index (χ1) is 4.79. The van der Waals surface area contributed by atoms with Gasteiger partial charge in [-0.05, 0) is 51.6 Å². The summed E-state index contributed by atoms with van der Waals surface area (Å²) in [5.41, 5.74) is 0. The molecule has 1 nitrogen and oxygen atoms in total. The average Bonchev–Trinajstić information content (AvgIpc) is 2.00. The van der Waals surface area contributed by atoms with Crippen molar-refractivity contribution in [2.24, 2.45) is 11.8 Å². The zero-order valence-corrected chi connectivity index (χ0v) is 6.71. The van der Waals surface area contributed by atoms with Crippen molar-refractivity contribution in [2.45, 2.75) is 25.8 Å². The normalized spacial score (nSPS) is 53.4. The van der Waals surface area contributed by atoms with Crippen LogP contribution in [0.25, 0.3) is 0 Å². The largest absolute Gasteiger partial charge is 0.300 e. The van der Waals surface area contributed by atoms with E-state index in [9.17, 15) is 0 Å². The molecule has 2 radical (unpaired) electrons. The van der Waals surface area contributed by atoms with E-state index in [2.05, 4.69) is 18.7 Å². The molecule has 3 aliphatic heterocycles. The lowest BCUT2D eigenvalue weighted by Gasteiger charge is -2.48. The molecule has 0 aliphatic carbocycles. The highest BCUT2D eigenvalue weighted by atomic mass is 15.2. The van der Waals surface area contributed by atoms with E-state index >= 15 is 0 Å². The quantitative estimate of drug-likeness (QED) is 0.493. The van der Waals surface area contributed by atoms with Crippen molar-refractivity contribution in [1.82, 2.24) is 4.90 Å². The van der Waals surface area contributed by atoms with Gasteiger partial charge in [0, 0.05) is 7.47 Å². The van der Waals surface area contributed by atoms with Crippen LogP contribution in [0.15, 0.2) is 0 Å². The summed E-state index contributed by atoms with van der Waals surface area (Å²) in [6.45, 7) is 9.20. The zero-order valence-electron chi connectivity index (χ0n) is 7.71. The number of nitrogens with zero attached hydrogens (tertiary/aromatic N) is 1. The predicted octanol–water partition coefficient (Wildman–Crippen LogP) is 1.66. The minimum atomic E-state index is 0. The highest BCUT2D eigenvalue weighted by molar-refractivity contribution is 4.93. The minimum Gasteiger partial charge on any atom is -0.300 e. The number of rotatable bonds is 0. The van der Waals surface area contributed by atoms with Crippen LogP contribution in [-0.2, 0) is 0 Å². The van der Waals surface area contributed by atoms with Crippen molar-refractivity contribution < 1.29 is 1.43 Å². The van der Waals surface area contributed by atoms with Gasteiger partial charge in [0.05, 0.1) is 0 Å². The summed E-state index contributed by atoms with van der Waals surface area (Å²) in [7, 11) is 0. The van der Waals surface area contributed by atoms with E-state index in [1.165, 1.54) is 25.9 Å². The molecule has 0 aromatic carbocycles. The van der Waals surface area contributed by atoms with Crippen LogP contribution in [0, 0.1) is 18.8 Å². The molecule has 58 valence electrons. The molecule has 3 rings (SSSR count). The molecular weight excluding hydrogens is 122 g/mol. The van der Waals surface area contributed by atoms with Crippen LogP contribution < -0.4 is 0 Å². The second-order valence-corrected chi connectivity index (χ2v) is 3.78. The maximum Gasteiger partial charge on any atom is 0.00978 e. The number of hydrogen-bond acceptors (Lipinski definition) is 1. The molecule has 3 heterocycles. The molecule has 0 aromatic heterocycles. The van der Waals surface area contributed by atoms with Crippen molar-refractivity contribution in [1.29, 1.82) is 0 Å². The smallest absolute Gasteiger partial charge is 0.00978 e. The molecule has 3 saturated heterocycles. The van der Waals surface area contributed by atoms with Gasteiger partial charge in [0.25, 0.3) is 0 Å². The average molecular weight is 139 g/mol. The Kier molecular flexibility index (Phi) is 1.48. The second-order valence-electron chi connectivity index (χ2n) is 3.78. The molecule has 3 aliphatic rings. The third-order valence-corrected chi connectivity index (χ3v) is 3.38. The van der Waals surface area contributed by atoms with Crippen molar-refractivity contribution in [3.63, 3.8) is 0 Å². The number of piperidine rings is 3. The summed E-state index contributed by atoms with van der Waals surface area (Å²) in [4.78, 5) is 2.58. The van der Waals surface area contributed by atoms with E-state index < -0.39 is 0 Å². The summed E-state index contributed by atoms with van der Waals surface area (Å²) in [6, 6.07) is 0.757. The Balaban J connectivity index is 0.000000605. The topological polar surface area (TPSA) is 3.24 Å². The van der Waals surface area contributed by atoms with Crippen LogP contribution in [0.1, 0.15) is 21.2 Å². The fourth-order valence-electron chi connectivity index (χ4n) is 2.42. The summed E-state index contributed by atoms with van der Waals surface area (Å²) >= 11 is 0. The molecule has 3 fully saturated rings. The Bertz CT molecular complexity index is 110. The van der Waals surface area contributed by atoms with Gasteiger partial charge in [-0.15, -0.1) is 0 Å². The first-order valence-electron chi connectivity index (χ1n) is 4.36. The molecule has 0 amide bonds. The summed E-state index contributed by atoms with van der Waals surface area (Å²) in [6.07, 6.45) is 2.80. The van der Waals surface area contributed by atoms with E-state index in [0.717, 1.165) is 12.0 Å². The summed E-state index contributed by atoms with van der Waals surface area (Å²) in [5.74, 6) is 1.66. The fraction of sp³-hybridized carbons (Fsp3) is 0.889. The van der Waals surface area contributed by atoms with E-state index in [4.69, 9.17) is 0 Å². The van der Waals surface area contributed by atoms with Gasteiger partial charge in [0.1, 0.15) is 0 Å². The molecule has 0 aromatic rings. The first-order valence-corrected chi connectivity index (χ1v) is 4.36. The molecule has 1 heteroatoms. The lowest BCUT2D eigenvalue weighted by atomic mass is 9.76. The van der Waals surface area contributed by atoms with Gasteiger partial charge in [-0.3, -0.25) is 0 Å². The number of fused-ring (bicyclic) bond motifs is 3. The molecule has 2 atom stereocenters. The van der Waals surface area contributed by atoms with Gasteiger partial charge in [-0.25, -0.2) is 0 Å². The third kappa shape index (κ3) is 0.800. The highest BCUT2D eigenvalue weighted by Gasteiger charge is 2.36. The maximum atomic E-state index is 4.22. The van der Waals surface area contributed by atoms with Gasteiger partial charge >= 0.3 is 0 Å². The monoisotopic (exact) mass is 139 g/mol. The van der Waals surface area contributed by atoms with Crippen molar-refractivity contribution in [3.05, 3.63) is 6.92 Å². The van der Waals surface area contributed by atoms with Crippen molar-refractivity contribution >= 4 is 0 Å². The Morgan fingerprint density at radius 2 is 2.00 bits per heavy atom. The van der Waals surface area contributed by atoms with Gasteiger partial charge in [-0.2, -0.15) is 0 Å². The van der Waals surface area contributed by atoms with Gasteiger partial charge in [-0.1, -0.05) is 0 Å². The second kappa shape index (κ2) is 2.23. The van der Waals surface area contributed by atoms with E-state index in [-0.39, 0.29) is 1.43 Å². The van der Waals surface area contributed by atoms with Crippen LogP contribution in [0.4, 0.5) is 0 Å². The van der Waals surface area contributed by atoms with Crippen LogP contribution >= 0.6 is 0 Å². The molecule has 2 bridgehead atoms. The van der Waals surface area contributed by atoms with Crippen molar-refractivity contribution in [3.8, 4) is 0 Å². The van der Waals surface area contributed by atoms with Crippen LogP contribution in [0.5, 0.6) is 0 Å². The number of hydrogen-bond donors (Lipinski definition) is 0. The molecule has 0 spiro atoms. The minimum absolute atomic E-state index is 0. The predicted molar refractivity (Wildman–Crippen MR) is 43.7 cm³/mol. The lowest BCUT2D eigenvalue weighted by Crippen LogP contribution is -2.52. The van der Waals surface area contributed by atoms with Crippen LogP contribution in [0.2, 0.25) is 0 Å². The molecule has 0 saturated carbocycles. The summed E-state index contributed by atoms with van der Waals surface area (Å²) < 4.78 is 0. The Morgan fingerprint density at radius 3 is 2.30 bits per heavy atom. The molecular formula is C9H17N. The van der Waals surface area contributed by atoms with Crippen molar-refractivity contribution in [2.75, 3.05) is 13.1 Å². The molecule has 10 heavy (non-hydrogen) atoms. The molecule has 2 unspecified atom stereocenters. The third-order valence-electron chi connectivity index (χ3n) is 3.38. The first kappa shape index (κ1) is 6.66. The zero-order chi connectivity index (χ0) is 7.14. The Morgan fingerprint density at radius 1 is 1.40 bits per heavy atom. The Labute approximate surface area is 64.9 Å². The fourth-order valence-corrected chi connectivity index (χ4v) is 2.42. The van der Waals surface area contributed by atoms with Gasteiger partial charge in [0.15, 0.2) is 0 Å². The lowest BCUT2D eigenvalue weighted by molar-refractivity contribution is 0.0197. The standard InChI is InChI=1S/C9H16N.H/c1-7-8(2)10-5-3-9(7)4-6-10;/h7-9H,1,3-6H2,2H3;. The van der Waals surface area contributed by atoms with Crippen LogP contribution in [-0.4, -0.2) is 24.0 Å². The van der Waals surface area contributed by atoms with E-state index in [1.54, 1.807) is 0 Å². The highest BCUT2D eigenvalue weighted by Crippen LogP contribution is 2.35. The maximum absolute atomic E-state index is 4.22. The molecule has 0 N–H and O–H groups in total. The SMILES string of the molecule is [CH2]C1C2CCN(CC2)C1C.[H]. The van der Waals surface area contributed by atoms with E-state index in [1.807, 2.05) is 0 Å². The van der Waals surface area contributed by atoms with Crippen LogP contribution in [0.3, 0.4) is 0 Å². The summed E-state index contributed by atoms with van der Waals surface area (Å²) in [5, 5.41) is 0.